The van der Waals surface area contributed by atoms with Crippen LogP contribution in [-0.4, -0.2) is 43.4 Å². The summed E-state index contributed by atoms with van der Waals surface area (Å²) in [6.07, 6.45) is -1.15. The largest absolute Gasteiger partial charge is 0.468 e. The van der Waals surface area contributed by atoms with Crippen molar-refractivity contribution in [3.05, 3.63) is 48.0 Å². The number of esters is 1. The lowest BCUT2D eigenvalue weighted by molar-refractivity contribution is -0.170. The molecule has 27 heavy (non-hydrogen) atoms. The fourth-order valence-corrected chi connectivity index (χ4v) is 5.13. The summed E-state index contributed by atoms with van der Waals surface area (Å²) in [5.41, 5.74) is -0.0228. The second-order valence-corrected chi connectivity index (χ2v) is 7.68. The van der Waals surface area contributed by atoms with E-state index in [0.29, 0.717) is 6.61 Å². The summed E-state index contributed by atoms with van der Waals surface area (Å²) in [5.74, 6) is -1.25. The third kappa shape index (κ3) is 2.24. The molecule has 2 bridgehead atoms. The van der Waals surface area contributed by atoms with Crippen molar-refractivity contribution in [2.75, 3.05) is 13.7 Å². The zero-order valence-electron chi connectivity index (χ0n) is 15.2. The third-order valence-electron chi connectivity index (χ3n) is 6.31. The van der Waals surface area contributed by atoms with Gasteiger partial charge >= 0.3 is 5.97 Å². The van der Waals surface area contributed by atoms with Gasteiger partial charge in [0.05, 0.1) is 25.7 Å². The van der Waals surface area contributed by atoms with Crippen LogP contribution in [0.4, 0.5) is 0 Å². The van der Waals surface area contributed by atoms with Gasteiger partial charge in [-0.25, -0.2) is 0 Å². The summed E-state index contributed by atoms with van der Waals surface area (Å²) < 4.78 is 16.4. The fraction of sp³-hybridized carbons (Fsp3) is 0.429. The van der Waals surface area contributed by atoms with E-state index in [1.807, 2.05) is 42.5 Å². The maximum Gasteiger partial charge on any atom is 0.326 e. The van der Waals surface area contributed by atoms with E-state index in [0.717, 1.165) is 16.3 Å². The van der Waals surface area contributed by atoms with Crippen molar-refractivity contribution in [3.63, 3.8) is 0 Å². The van der Waals surface area contributed by atoms with E-state index >= 15 is 0 Å². The Kier molecular flexibility index (Phi) is 3.66. The summed E-state index contributed by atoms with van der Waals surface area (Å²) in [6, 6.07) is 13.8. The first-order valence-electron chi connectivity index (χ1n) is 9.19. The highest BCUT2D eigenvalue weighted by atomic mass is 16.7. The van der Waals surface area contributed by atoms with Crippen LogP contribution in [0.2, 0.25) is 0 Å². The van der Waals surface area contributed by atoms with Crippen LogP contribution in [-0.2, 0) is 23.8 Å². The molecule has 6 atom stereocenters. The number of methoxy groups -OCH3 is 1. The number of ether oxygens (including phenoxy) is 3. The molecule has 2 aromatic rings. The van der Waals surface area contributed by atoms with Gasteiger partial charge in [-0.1, -0.05) is 42.5 Å². The van der Waals surface area contributed by atoms with Crippen LogP contribution in [0.3, 0.4) is 0 Å². The Bertz CT molecular complexity index is 938. The van der Waals surface area contributed by atoms with Crippen LogP contribution in [0.5, 0.6) is 0 Å². The van der Waals surface area contributed by atoms with E-state index < -0.39 is 17.7 Å². The molecule has 6 nitrogen and oxygen atoms in total. The van der Waals surface area contributed by atoms with Crippen LogP contribution in [0, 0.1) is 11.8 Å². The molecule has 3 aliphatic rings. The number of fused-ring (bicyclic) bond motifs is 5. The molecular weight excluding hydrogens is 346 g/mol. The Morgan fingerprint density at radius 2 is 2.00 bits per heavy atom. The zero-order chi connectivity index (χ0) is 18.8. The van der Waals surface area contributed by atoms with Crippen LogP contribution < -0.4 is 5.32 Å². The second-order valence-electron chi connectivity index (χ2n) is 7.68. The van der Waals surface area contributed by atoms with E-state index in [9.17, 15) is 9.59 Å². The van der Waals surface area contributed by atoms with Gasteiger partial charge in [0.1, 0.15) is 5.54 Å². The van der Waals surface area contributed by atoms with Crippen molar-refractivity contribution < 1.29 is 23.8 Å². The van der Waals surface area contributed by atoms with Crippen molar-refractivity contribution in [1.82, 2.24) is 5.32 Å². The van der Waals surface area contributed by atoms with Gasteiger partial charge in [-0.2, -0.15) is 0 Å². The predicted octanol–water partition coefficient (Wildman–Crippen LogP) is 1.97. The number of Topliss-reactive ketones (excluding diaryl/α,β-unsaturated/α-hetero) is 1. The fourth-order valence-electron chi connectivity index (χ4n) is 5.13. The first kappa shape index (κ1) is 16.9. The lowest BCUT2D eigenvalue weighted by Crippen LogP contribution is -2.56. The number of hydrogen-bond donors (Lipinski definition) is 1. The molecule has 3 fully saturated rings. The molecule has 3 saturated heterocycles. The zero-order valence-corrected chi connectivity index (χ0v) is 15.2. The van der Waals surface area contributed by atoms with Gasteiger partial charge in [0.15, 0.2) is 5.78 Å². The van der Waals surface area contributed by atoms with Crippen LogP contribution in [0.25, 0.3) is 10.8 Å². The average molecular weight is 367 g/mol. The van der Waals surface area contributed by atoms with Gasteiger partial charge in [-0.15, -0.1) is 0 Å². The van der Waals surface area contributed by atoms with E-state index in [1.165, 1.54) is 7.11 Å². The number of carbonyl (C=O) groups is 2. The molecule has 6 heteroatoms. The smallest absolute Gasteiger partial charge is 0.326 e. The monoisotopic (exact) mass is 367 g/mol. The molecule has 1 N–H and O–H groups in total. The van der Waals surface area contributed by atoms with E-state index in [-0.39, 0.29) is 29.8 Å². The van der Waals surface area contributed by atoms with E-state index in [2.05, 4.69) is 5.32 Å². The molecule has 2 aromatic carbocycles. The van der Waals surface area contributed by atoms with Gasteiger partial charge in [0.2, 0.25) is 6.29 Å². The Hall–Kier alpha value is -2.28. The Balaban J connectivity index is 1.68. The average Bonchev–Trinajstić information content (AvgIpc) is 3.26. The van der Waals surface area contributed by atoms with Crippen molar-refractivity contribution in [1.29, 1.82) is 0 Å². The van der Waals surface area contributed by atoms with Crippen LogP contribution in [0.1, 0.15) is 18.5 Å². The van der Waals surface area contributed by atoms with Crippen molar-refractivity contribution in [2.45, 2.75) is 30.9 Å². The normalized spacial score (nSPS) is 37.4. The third-order valence-corrected chi connectivity index (χ3v) is 6.31. The van der Waals surface area contributed by atoms with E-state index in [1.54, 1.807) is 6.92 Å². The molecule has 0 unspecified atom stereocenters. The minimum absolute atomic E-state index is 0.105. The van der Waals surface area contributed by atoms with Gasteiger partial charge in [-0.05, 0) is 23.3 Å². The van der Waals surface area contributed by atoms with E-state index in [4.69, 9.17) is 14.2 Å². The highest BCUT2D eigenvalue weighted by Crippen LogP contribution is 2.52. The molecule has 5 rings (SSSR count). The van der Waals surface area contributed by atoms with Crippen molar-refractivity contribution in [3.8, 4) is 0 Å². The first-order chi connectivity index (χ1) is 13.0. The SMILES string of the molecule is COC(=O)[C@@]1(C)N[C@H](c2cccc3ccccc23)[C@H]2C(=O)[C@@H]3OC[C@@H](O3)[C@H]21. The quantitative estimate of drug-likeness (QED) is 0.818. The molecule has 0 spiro atoms. The summed E-state index contributed by atoms with van der Waals surface area (Å²) in [5, 5.41) is 5.62. The van der Waals surface area contributed by atoms with Gasteiger partial charge in [0, 0.05) is 12.0 Å². The Morgan fingerprint density at radius 1 is 1.22 bits per heavy atom. The molecular formula is C21H21NO5. The van der Waals surface area contributed by atoms with Gasteiger partial charge in [-0.3, -0.25) is 14.9 Å². The maximum absolute atomic E-state index is 13.1. The molecule has 3 heterocycles. The minimum atomic E-state index is -1.03. The topological polar surface area (TPSA) is 73.9 Å². The van der Waals surface area contributed by atoms with Crippen molar-refractivity contribution >= 4 is 22.5 Å². The summed E-state index contributed by atoms with van der Waals surface area (Å²) in [7, 11) is 1.37. The van der Waals surface area contributed by atoms with Crippen LogP contribution >= 0.6 is 0 Å². The first-order valence-corrected chi connectivity index (χ1v) is 9.19. The minimum Gasteiger partial charge on any atom is -0.468 e. The summed E-state index contributed by atoms with van der Waals surface area (Å²) >= 11 is 0. The lowest BCUT2D eigenvalue weighted by atomic mass is 9.72. The number of nitrogens with one attached hydrogen (secondary N) is 1. The molecule has 140 valence electrons. The van der Waals surface area contributed by atoms with Gasteiger partial charge in [0.25, 0.3) is 0 Å². The molecule has 3 aliphatic heterocycles. The number of carbonyl (C=O) groups excluding carboxylic acids is 2. The number of hydrogen-bond acceptors (Lipinski definition) is 6. The molecule has 0 saturated carbocycles. The predicted molar refractivity (Wildman–Crippen MR) is 96.8 cm³/mol. The van der Waals surface area contributed by atoms with Crippen LogP contribution in [0.15, 0.2) is 42.5 Å². The maximum atomic E-state index is 13.1. The summed E-state index contributed by atoms with van der Waals surface area (Å²) in [4.78, 5) is 25.9. The lowest BCUT2D eigenvalue weighted by Gasteiger charge is -2.36. The summed E-state index contributed by atoms with van der Waals surface area (Å²) in [6.45, 7) is 2.12. The number of rotatable bonds is 2. The molecule has 0 aromatic heterocycles. The Labute approximate surface area is 156 Å². The number of ketones is 1. The van der Waals surface area contributed by atoms with Crippen molar-refractivity contribution in [2.24, 2.45) is 11.8 Å². The highest BCUT2D eigenvalue weighted by Gasteiger charge is 2.66. The highest BCUT2D eigenvalue weighted by molar-refractivity contribution is 5.93. The molecule has 0 radical (unpaired) electrons. The molecule has 0 amide bonds. The van der Waals surface area contributed by atoms with Gasteiger partial charge < -0.3 is 14.2 Å². The standard InChI is InChI=1S/C21H21NO5/c1-21(20(24)25-2)16-14-10-26-19(27-14)18(23)15(16)17(22-21)13-9-5-7-11-6-3-4-8-12(11)13/h3-9,14-17,19,22H,10H2,1-2H3/t14-,15+,16-,17-,19-,21+/m1/s1. The molecule has 0 aliphatic carbocycles. The number of benzene rings is 2. The second kappa shape index (κ2) is 5.86. The Morgan fingerprint density at radius 3 is 2.81 bits per heavy atom.